The van der Waals surface area contributed by atoms with Gasteiger partial charge in [0.25, 0.3) is 0 Å². The van der Waals surface area contributed by atoms with Gasteiger partial charge in [-0.3, -0.25) is 0 Å². The second kappa shape index (κ2) is 5.77. The number of rotatable bonds is 3. The number of aliphatic hydroxyl groups is 1. The third kappa shape index (κ3) is 3.17. The number of aryl methyl sites for hydroxylation is 1. The summed E-state index contributed by atoms with van der Waals surface area (Å²) in [5.74, 6) is 0.495. The average Bonchev–Trinajstić information content (AvgIpc) is 2.41. The molecule has 1 fully saturated rings. The number of nitrogens with one attached hydrogen (secondary N) is 1. The highest BCUT2D eigenvalue weighted by Crippen LogP contribution is 2.45. The molecule has 0 aromatic heterocycles. The fraction of sp³-hybridized carbons (Fsp3) is 0.667. The zero-order valence-electron chi connectivity index (χ0n) is 13.4. The van der Waals surface area contributed by atoms with Gasteiger partial charge >= 0.3 is 0 Å². The molecule has 2 heteroatoms. The van der Waals surface area contributed by atoms with E-state index in [1.807, 2.05) is 0 Å². The second-order valence-electron chi connectivity index (χ2n) is 7.47. The van der Waals surface area contributed by atoms with Gasteiger partial charge in [0.2, 0.25) is 0 Å². The molecule has 0 heterocycles. The molecule has 0 bridgehead atoms. The Morgan fingerprint density at radius 3 is 2.40 bits per heavy atom. The summed E-state index contributed by atoms with van der Waals surface area (Å²) in [6, 6.07) is 8.51. The number of benzene rings is 1. The summed E-state index contributed by atoms with van der Waals surface area (Å²) in [5, 5.41) is 13.8. The van der Waals surface area contributed by atoms with Crippen LogP contribution in [0.4, 0.5) is 5.69 Å². The Kier molecular flexibility index (Phi) is 4.43. The van der Waals surface area contributed by atoms with E-state index in [1.165, 1.54) is 24.8 Å². The predicted octanol–water partition coefficient (Wildman–Crippen LogP) is 4.37. The maximum atomic E-state index is 10.1. The lowest BCUT2D eigenvalue weighted by atomic mass is 9.62. The molecule has 1 saturated carbocycles. The molecule has 1 aromatic rings. The summed E-state index contributed by atoms with van der Waals surface area (Å²) in [7, 11) is 0. The van der Waals surface area contributed by atoms with Crippen LogP contribution >= 0.6 is 0 Å². The first-order valence-corrected chi connectivity index (χ1v) is 7.83. The van der Waals surface area contributed by atoms with Crippen LogP contribution in [0.25, 0.3) is 0 Å². The third-order valence-electron chi connectivity index (χ3n) is 4.81. The van der Waals surface area contributed by atoms with E-state index in [2.05, 4.69) is 57.3 Å². The van der Waals surface area contributed by atoms with Gasteiger partial charge in [-0.1, -0.05) is 51.3 Å². The van der Waals surface area contributed by atoms with Crippen LogP contribution in [0.3, 0.4) is 0 Å². The largest absolute Gasteiger partial charge is 0.394 e. The molecule has 1 aliphatic rings. The molecule has 20 heavy (non-hydrogen) atoms. The summed E-state index contributed by atoms with van der Waals surface area (Å²) in [5.41, 5.74) is 2.43. The van der Waals surface area contributed by atoms with Crippen molar-refractivity contribution in [3.05, 3.63) is 29.8 Å². The highest BCUT2D eigenvalue weighted by Gasteiger charge is 2.45. The summed E-state index contributed by atoms with van der Waals surface area (Å²) < 4.78 is 0. The summed E-state index contributed by atoms with van der Waals surface area (Å²) >= 11 is 0. The number of aliphatic hydroxyl groups excluding tert-OH is 1. The second-order valence-corrected chi connectivity index (χ2v) is 7.47. The van der Waals surface area contributed by atoms with Gasteiger partial charge < -0.3 is 10.4 Å². The first-order chi connectivity index (χ1) is 9.37. The number of hydrogen-bond acceptors (Lipinski definition) is 2. The third-order valence-corrected chi connectivity index (χ3v) is 4.81. The first kappa shape index (κ1) is 15.4. The van der Waals surface area contributed by atoms with Crippen LogP contribution in [0.1, 0.15) is 52.0 Å². The lowest BCUT2D eigenvalue weighted by Crippen LogP contribution is -2.55. The predicted molar refractivity (Wildman–Crippen MR) is 86.0 cm³/mol. The van der Waals surface area contributed by atoms with Gasteiger partial charge in [-0.2, -0.15) is 0 Å². The fourth-order valence-electron chi connectivity index (χ4n) is 3.80. The molecule has 0 amide bonds. The molecule has 112 valence electrons. The van der Waals surface area contributed by atoms with Crippen molar-refractivity contribution < 1.29 is 5.11 Å². The van der Waals surface area contributed by atoms with Crippen LogP contribution in [0.5, 0.6) is 0 Å². The zero-order chi connectivity index (χ0) is 14.8. The van der Waals surface area contributed by atoms with Crippen molar-refractivity contribution in [2.45, 2.75) is 58.9 Å². The lowest BCUT2D eigenvalue weighted by molar-refractivity contribution is 0.0484. The Bertz CT molecular complexity index is 432. The van der Waals surface area contributed by atoms with Gasteiger partial charge in [-0.25, -0.2) is 0 Å². The minimum atomic E-state index is -0.175. The minimum Gasteiger partial charge on any atom is -0.394 e. The van der Waals surface area contributed by atoms with E-state index in [4.69, 9.17) is 0 Å². The van der Waals surface area contributed by atoms with E-state index in [1.54, 1.807) is 0 Å². The van der Waals surface area contributed by atoms with E-state index >= 15 is 0 Å². The van der Waals surface area contributed by atoms with Gasteiger partial charge in [0.05, 0.1) is 12.1 Å². The smallest absolute Gasteiger partial charge is 0.0664 e. The average molecular weight is 275 g/mol. The molecule has 2 unspecified atom stereocenters. The topological polar surface area (TPSA) is 32.3 Å². The maximum absolute atomic E-state index is 10.1. The molecule has 2 N–H and O–H groups in total. The van der Waals surface area contributed by atoms with Crippen LogP contribution < -0.4 is 5.32 Å². The Morgan fingerprint density at radius 2 is 1.85 bits per heavy atom. The molecule has 2 nitrogen and oxygen atoms in total. The lowest BCUT2D eigenvalue weighted by Gasteiger charge is -2.50. The van der Waals surface area contributed by atoms with Crippen molar-refractivity contribution in [1.29, 1.82) is 0 Å². The van der Waals surface area contributed by atoms with Crippen molar-refractivity contribution in [3.8, 4) is 0 Å². The van der Waals surface area contributed by atoms with Crippen LogP contribution in [0.15, 0.2) is 24.3 Å². The van der Waals surface area contributed by atoms with Crippen molar-refractivity contribution in [1.82, 2.24) is 0 Å². The summed E-state index contributed by atoms with van der Waals surface area (Å²) in [6.07, 6.45) is 4.73. The molecule has 1 aliphatic carbocycles. The molecule has 0 spiro atoms. The van der Waals surface area contributed by atoms with Gasteiger partial charge in [0, 0.05) is 5.69 Å². The van der Waals surface area contributed by atoms with Crippen molar-refractivity contribution >= 4 is 5.69 Å². The van der Waals surface area contributed by atoms with Crippen molar-refractivity contribution in [3.63, 3.8) is 0 Å². The van der Waals surface area contributed by atoms with E-state index in [0.29, 0.717) is 5.92 Å². The molecular weight excluding hydrogens is 246 g/mol. The van der Waals surface area contributed by atoms with E-state index in [9.17, 15) is 5.11 Å². The molecule has 0 radical (unpaired) electrons. The molecule has 1 aromatic carbocycles. The monoisotopic (exact) mass is 275 g/mol. The SMILES string of the molecule is Cc1ccc(NC2(CO)CCCCC2C(C)(C)C)cc1. The van der Waals surface area contributed by atoms with Gasteiger partial charge in [-0.05, 0) is 43.2 Å². The van der Waals surface area contributed by atoms with E-state index in [-0.39, 0.29) is 17.6 Å². The van der Waals surface area contributed by atoms with Crippen LogP contribution in [-0.4, -0.2) is 17.3 Å². The minimum absolute atomic E-state index is 0.175. The van der Waals surface area contributed by atoms with Crippen LogP contribution in [0.2, 0.25) is 0 Å². The van der Waals surface area contributed by atoms with E-state index < -0.39 is 0 Å². The molecule has 0 aliphatic heterocycles. The maximum Gasteiger partial charge on any atom is 0.0664 e. The Morgan fingerprint density at radius 1 is 1.20 bits per heavy atom. The highest BCUT2D eigenvalue weighted by atomic mass is 16.3. The van der Waals surface area contributed by atoms with Gasteiger partial charge in [-0.15, -0.1) is 0 Å². The molecule has 2 rings (SSSR count). The van der Waals surface area contributed by atoms with Gasteiger partial charge in [0.1, 0.15) is 0 Å². The van der Waals surface area contributed by atoms with Crippen molar-refractivity contribution in [2.75, 3.05) is 11.9 Å². The Balaban J connectivity index is 2.27. The standard InChI is InChI=1S/C18H29NO/c1-14-8-10-15(11-9-14)19-18(13-20)12-6-5-7-16(18)17(2,3)4/h8-11,16,19-20H,5-7,12-13H2,1-4H3. The molecule has 2 atom stereocenters. The van der Waals surface area contributed by atoms with E-state index in [0.717, 1.165) is 12.1 Å². The van der Waals surface area contributed by atoms with Crippen LogP contribution in [-0.2, 0) is 0 Å². The van der Waals surface area contributed by atoms with Gasteiger partial charge in [0.15, 0.2) is 0 Å². The fourth-order valence-corrected chi connectivity index (χ4v) is 3.80. The van der Waals surface area contributed by atoms with Crippen molar-refractivity contribution in [2.24, 2.45) is 11.3 Å². The summed E-state index contributed by atoms with van der Waals surface area (Å²) in [4.78, 5) is 0. The normalized spacial score (nSPS) is 27.4. The summed E-state index contributed by atoms with van der Waals surface area (Å²) in [6.45, 7) is 9.20. The molecular formula is C18H29NO. The number of anilines is 1. The zero-order valence-corrected chi connectivity index (χ0v) is 13.4. The quantitative estimate of drug-likeness (QED) is 0.858. The Labute approximate surface area is 123 Å². The number of hydrogen-bond donors (Lipinski definition) is 2. The first-order valence-electron chi connectivity index (χ1n) is 7.83. The molecule has 0 saturated heterocycles. The Hall–Kier alpha value is -1.02. The highest BCUT2D eigenvalue weighted by molar-refractivity contribution is 5.47. The van der Waals surface area contributed by atoms with Crippen LogP contribution in [0, 0.1) is 18.3 Å².